The van der Waals surface area contributed by atoms with E-state index >= 15 is 0 Å². The number of hydrogen-bond acceptors (Lipinski definition) is 4. The minimum absolute atomic E-state index is 0.0706. The van der Waals surface area contributed by atoms with Gasteiger partial charge in [-0.2, -0.15) is 0 Å². The van der Waals surface area contributed by atoms with Crippen molar-refractivity contribution in [3.63, 3.8) is 0 Å². The van der Waals surface area contributed by atoms with Gasteiger partial charge in [0, 0.05) is 17.7 Å². The summed E-state index contributed by atoms with van der Waals surface area (Å²) >= 11 is 0. The zero-order chi connectivity index (χ0) is 13.0. The summed E-state index contributed by atoms with van der Waals surface area (Å²) in [7, 11) is 0. The lowest BCUT2D eigenvalue weighted by Crippen LogP contribution is -2.15. The van der Waals surface area contributed by atoms with E-state index in [1.54, 1.807) is 12.1 Å². The van der Waals surface area contributed by atoms with Gasteiger partial charge in [-0.15, -0.1) is 0 Å². The number of carboxylic acid groups (broad SMARTS) is 2. The van der Waals surface area contributed by atoms with Gasteiger partial charge in [0.05, 0.1) is 0 Å². The van der Waals surface area contributed by atoms with Gasteiger partial charge in [-0.25, -0.2) is 4.79 Å². The minimum atomic E-state index is -1.74. The first kappa shape index (κ1) is 13.0. The molecule has 6 heteroatoms. The maximum Gasteiger partial charge on any atom is 0.337 e. The van der Waals surface area contributed by atoms with Crippen LogP contribution in [-0.4, -0.2) is 27.3 Å². The Morgan fingerprint density at radius 1 is 1.29 bits per heavy atom. The first-order chi connectivity index (χ1) is 7.93. The molecule has 1 rings (SSSR count). The fraction of sp³-hybridized carbons (Fsp3) is 0.273. The molecule has 1 aromatic rings. The van der Waals surface area contributed by atoms with Crippen LogP contribution in [0.1, 0.15) is 23.7 Å². The Morgan fingerprint density at radius 2 is 1.94 bits per heavy atom. The van der Waals surface area contributed by atoms with Gasteiger partial charge in [-0.3, -0.25) is 4.79 Å². The second-order valence-corrected chi connectivity index (χ2v) is 3.55. The lowest BCUT2D eigenvalue weighted by molar-refractivity contribution is -0.147. The molecule has 0 amide bonds. The molecule has 0 aliphatic heterocycles. The minimum Gasteiger partial charge on any atom is -0.481 e. The molecule has 0 fully saturated rings. The highest BCUT2D eigenvalue weighted by Crippen LogP contribution is 2.26. The normalized spacial score (nSPS) is 12.1. The zero-order valence-corrected chi connectivity index (χ0v) is 8.96. The highest BCUT2D eigenvalue weighted by Gasteiger charge is 2.22. The second kappa shape index (κ2) is 5.31. The van der Waals surface area contributed by atoms with E-state index in [1.165, 1.54) is 6.07 Å². The number of aryl methyl sites for hydroxylation is 1. The van der Waals surface area contributed by atoms with Crippen LogP contribution in [0.2, 0.25) is 0 Å². The number of nitrogens with two attached hydrogens (primary N) is 1. The summed E-state index contributed by atoms with van der Waals surface area (Å²) in [6, 6.07) is 4.61. The number of anilines is 1. The molecule has 0 heterocycles. The van der Waals surface area contributed by atoms with Crippen molar-refractivity contribution < 1.29 is 24.9 Å². The van der Waals surface area contributed by atoms with Crippen LogP contribution in [0.25, 0.3) is 0 Å². The first-order valence-electron chi connectivity index (χ1n) is 4.93. The highest BCUT2D eigenvalue weighted by molar-refractivity contribution is 5.77. The quantitative estimate of drug-likeness (QED) is 0.552. The van der Waals surface area contributed by atoms with E-state index in [0.717, 1.165) is 0 Å². The summed E-state index contributed by atoms with van der Waals surface area (Å²) in [4.78, 5) is 21.2. The third kappa shape index (κ3) is 3.18. The second-order valence-electron chi connectivity index (χ2n) is 3.55. The molecule has 0 aliphatic carbocycles. The predicted octanol–water partition coefficient (Wildman–Crippen LogP) is 0.404. The lowest BCUT2D eigenvalue weighted by Gasteiger charge is -2.14. The molecule has 92 valence electrons. The van der Waals surface area contributed by atoms with E-state index in [0.29, 0.717) is 5.56 Å². The molecule has 17 heavy (non-hydrogen) atoms. The Balaban J connectivity index is 3.08. The van der Waals surface area contributed by atoms with Crippen LogP contribution in [0.3, 0.4) is 0 Å². The summed E-state index contributed by atoms with van der Waals surface area (Å²) in [5, 5.41) is 26.8. The molecule has 0 saturated carbocycles. The third-order valence-electron chi connectivity index (χ3n) is 2.35. The summed E-state index contributed by atoms with van der Waals surface area (Å²) in [5.41, 5.74) is 6.24. The van der Waals surface area contributed by atoms with Gasteiger partial charge in [0.25, 0.3) is 0 Å². The van der Waals surface area contributed by atoms with E-state index < -0.39 is 18.0 Å². The third-order valence-corrected chi connectivity index (χ3v) is 2.35. The number of carboxylic acids is 2. The summed E-state index contributed by atoms with van der Waals surface area (Å²) in [5.74, 6) is -2.41. The van der Waals surface area contributed by atoms with Gasteiger partial charge in [0.15, 0.2) is 6.10 Å². The van der Waals surface area contributed by atoms with Crippen molar-refractivity contribution in [2.75, 3.05) is 5.73 Å². The molecule has 1 atom stereocenters. The Morgan fingerprint density at radius 3 is 2.47 bits per heavy atom. The van der Waals surface area contributed by atoms with Crippen LogP contribution in [0.4, 0.5) is 5.69 Å². The van der Waals surface area contributed by atoms with Crippen LogP contribution in [-0.2, 0) is 16.0 Å². The van der Waals surface area contributed by atoms with E-state index in [-0.39, 0.29) is 24.1 Å². The Bertz CT molecular complexity index is 443. The standard InChI is InChI=1S/C11H13NO5/c12-7-3-1-2-6(4-5-8(13)14)9(7)10(15)11(16)17/h1-3,10,15H,4-5,12H2,(H,13,14)(H,16,17). The number of carbonyl (C=O) groups is 2. The molecular weight excluding hydrogens is 226 g/mol. The van der Waals surface area contributed by atoms with E-state index in [4.69, 9.17) is 15.9 Å². The molecule has 5 N–H and O–H groups in total. The van der Waals surface area contributed by atoms with Gasteiger partial charge in [0.2, 0.25) is 0 Å². The van der Waals surface area contributed by atoms with Crippen LogP contribution in [0, 0.1) is 0 Å². The summed E-state index contributed by atoms with van der Waals surface area (Å²) < 4.78 is 0. The van der Waals surface area contributed by atoms with Crippen molar-refractivity contribution in [3.05, 3.63) is 29.3 Å². The van der Waals surface area contributed by atoms with Gasteiger partial charge in [-0.05, 0) is 18.1 Å². The average Bonchev–Trinajstić information content (AvgIpc) is 2.25. The molecule has 0 aliphatic rings. The van der Waals surface area contributed by atoms with Crippen LogP contribution >= 0.6 is 0 Å². The van der Waals surface area contributed by atoms with Crippen molar-refractivity contribution in [3.8, 4) is 0 Å². The highest BCUT2D eigenvalue weighted by atomic mass is 16.4. The Hall–Kier alpha value is -2.08. The SMILES string of the molecule is Nc1cccc(CCC(=O)O)c1C(O)C(=O)O. The molecule has 1 aromatic carbocycles. The molecule has 1 unspecified atom stereocenters. The largest absolute Gasteiger partial charge is 0.481 e. The molecule has 0 bridgehead atoms. The maximum atomic E-state index is 10.7. The van der Waals surface area contributed by atoms with Gasteiger partial charge >= 0.3 is 11.9 Å². The van der Waals surface area contributed by atoms with Crippen LogP contribution in [0.5, 0.6) is 0 Å². The van der Waals surface area contributed by atoms with Gasteiger partial charge in [0.1, 0.15) is 0 Å². The summed E-state index contributed by atoms with van der Waals surface area (Å²) in [6.45, 7) is 0. The Kier molecular flexibility index (Phi) is 4.06. The van der Waals surface area contributed by atoms with Crippen molar-refractivity contribution >= 4 is 17.6 Å². The number of rotatable bonds is 5. The number of aliphatic hydroxyl groups is 1. The fourth-order valence-corrected chi connectivity index (χ4v) is 1.55. The van der Waals surface area contributed by atoms with E-state index in [2.05, 4.69) is 0 Å². The van der Waals surface area contributed by atoms with Crippen LogP contribution in [0.15, 0.2) is 18.2 Å². The van der Waals surface area contributed by atoms with Crippen molar-refractivity contribution in [2.24, 2.45) is 0 Å². The monoisotopic (exact) mass is 239 g/mol. The van der Waals surface area contributed by atoms with E-state index in [9.17, 15) is 14.7 Å². The number of aliphatic carboxylic acids is 2. The average molecular weight is 239 g/mol. The number of hydrogen-bond donors (Lipinski definition) is 4. The number of nitrogen functional groups attached to an aromatic ring is 1. The van der Waals surface area contributed by atoms with Crippen LogP contribution < -0.4 is 5.73 Å². The smallest absolute Gasteiger partial charge is 0.337 e. The number of aliphatic hydroxyl groups excluding tert-OH is 1. The van der Waals surface area contributed by atoms with Gasteiger partial charge < -0.3 is 21.1 Å². The molecule has 6 nitrogen and oxygen atoms in total. The summed E-state index contributed by atoms with van der Waals surface area (Å²) in [6.07, 6.45) is -1.76. The van der Waals surface area contributed by atoms with Crippen molar-refractivity contribution in [2.45, 2.75) is 18.9 Å². The maximum absolute atomic E-state index is 10.7. The zero-order valence-electron chi connectivity index (χ0n) is 8.96. The van der Waals surface area contributed by atoms with E-state index in [1.807, 2.05) is 0 Å². The van der Waals surface area contributed by atoms with Crippen molar-refractivity contribution in [1.82, 2.24) is 0 Å². The predicted molar refractivity (Wildman–Crippen MR) is 59.4 cm³/mol. The molecular formula is C11H13NO5. The Labute approximate surface area is 97.3 Å². The lowest BCUT2D eigenvalue weighted by atomic mass is 9.97. The van der Waals surface area contributed by atoms with Gasteiger partial charge in [-0.1, -0.05) is 12.1 Å². The molecule has 0 saturated heterocycles. The number of benzene rings is 1. The molecule has 0 radical (unpaired) electrons. The first-order valence-corrected chi connectivity index (χ1v) is 4.93. The molecule has 0 aromatic heterocycles. The molecule has 0 spiro atoms. The van der Waals surface area contributed by atoms with Crippen molar-refractivity contribution in [1.29, 1.82) is 0 Å². The fourth-order valence-electron chi connectivity index (χ4n) is 1.55. The topological polar surface area (TPSA) is 121 Å².